The van der Waals surface area contributed by atoms with Crippen LogP contribution in [0, 0.1) is 10.1 Å². The number of nitro benzene ring substituents is 1. The number of nitrogens with two attached hydrogens (primary N) is 1. The SMILES string of the molecule is NC(=O)N1c2ccccc2CC(OC(=O)c2cccc([N+](=O)[O-])c2)c2ccccc21. The molecule has 0 fully saturated rings. The Morgan fingerprint density at radius 1 is 1.00 bits per heavy atom. The first kappa shape index (κ1) is 19.1. The van der Waals surface area contributed by atoms with Gasteiger partial charge in [0.15, 0.2) is 0 Å². The van der Waals surface area contributed by atoms with Crippen LogP contribution in [0.5, 0.6) is 0 Å². The molecule has 150 valence electrons. The molecule has 0 spiro atoms. The highest BCUT2D eigenvalue weighted by Crippen LogP contribution is 2.41. The smallest absolute Gasteiger partial charge is 0.339 e. The number of benzene rings is 3. The lowest BCUT2D eigenvalue weighted by Gasteiger charge is -2.23. The van der Waals surface area contributed by atoms with Crippen molar-refractivity contribution in [2.75, 3.05) is 4.90 Å². The highest BCUT2D eigenvalue weighted by atomic mass is 16.6. The summed E-state index contributed by atoms with van der Waals surface area (Å²) in [7, 11) is 0. The maximum absolute atomic E-state index is 12.8. The zero-order valence-electron chi connectivity index (χ0n) is 15.7. The van der Waals surface area contributed by atoms with E-state index in [-0.39, 0.29) is 11.3 Å². The van der Waals surface area contributed by atoms with Gasteiger partial charge in [-0.25, -0.2) is 9.59 Å². The molecule has 0 aliphatic carbocycles. The van der Waals surface area contributed by atoms with Gasteiger partial charge in [0.2, 0.25) is 0 Å². The molecule has 2 N–H and O–H groups in total. The topological polar surface area (TPSA) is 116 Å². The summed E-state index contributed by atoms with van der Waals surface area (Å²) in [6.45, 7) is 0. The fourth-order valence-electron chi connectivity index (χ4n) is 3.59. The molecule has 1 aliphatic rings. The number of esters is 1. The number of hydrogen-bond donors (Lipinski definition) is 1. The quantitative estimate of drug-likeness (QED) is 0.398. The monoisotopic (exact) mass is 403 g/mol. The third-order valence-electron chi connectivity index (χ3n) is 4.92. The van der Waals surface area contributed by atoms with Gasteiger partial charge in [-0.15, -0.1) is 0 Å². The van der Waals surface area contributed by atoms with Gasteiger partial charge in [-0.2, -0.15) is 0 Å². The van der Waals surface area contributed by atoms with E-state index in [1.807, 2.05) is 12.1 Å². The number of nitrogens with zero attached hydrogens (tertiary/aromatic N) is 2. The van der Waals surface area contributed by atoms with Crippen LogP contribution < -0.4 is 10.6 Å². The summed E-state index contributed by atoms with van der Waals surface area (Å²) in [6, 6.07) is 19.0. The number of carbonyl (C=O) groups is 2. The summed E-state index contributed by atoms with van der Waals surface area (Å²) in [5.74, 6) is -0.691. The number of fused-ring (bicyclic) bond motifs is 2. The Kier molecular flexibility index (Phi) is 4.89. The van der Waals surface area contributed by atoms with Gasteiger partial charge in [0, 0.05) is 24.1 Å². The summed E-state index contributed by atoms with van der Waals surface area (Å²) in [6.07, 6.45) is -0.393. The number of para-hydroxylation sites is 2. The van der Waals surface area contributed by atoms with Gasteiger partial charge in [-0.1, -0.05) is 42.5 Å². The van der Waals surface area contributed by atoms with E-state index in [0.29, 0.717) is 23.4 Å². The van der Waals surface area contributed by atoms with E-state index in [1.165, 1.54) is 29.2 Å². The van der Waals surface area contributed by atoms with E-state index in [1.54, 1.807) is 36.4 Å². The number of hydrogen-bond acceptors (Lipinski definition) is 5. The number of primary amides is 1. The van der Waals surface area contributed by atoms with E-state index in [0.717, 1.165) is 5.56 Å². The lowest BCUT2D eigenvalue weighted by Crippen LogP contribution is -2.32. The predicted octanol–water partition coefficient (Wildman–Crippen LogP) is 4.27. The molecule has 4 rings (SSSR count). The number of anilines is 2. The van der Waals surface area contributed by atoms with Crippen molar-refractivity contribution in [2.45, 2.75) is 12.5 Å². The van der Waals surface area contributed by atoms with Gasteiger partial charge in [0.25, 0.3) is 5.69 Å². The van der Waals surface area contributed by atoms with E-state index >= 15 is 0 Å². The average Bonchev–Trinajstić information content (AvgIpc) is 2.88. The van der Waals surface area contributed by atoms with Crippen LogP contribution in [0.3, 0.4) is 0 Å². The molecular weight excluding hydrogens is 386 g/mol. The molecule has 8 nitrogen and oxygen atoms in total. The van der Waals surface area contributed by atoms with Crippen LogP contribution in [0.25, 0.3) is 0 Å². The third kappa shape index (κ3) is 3.46. The fourth-order valence-corrected chi connectivity index (χ4v) is 3.59. The molecule has 3 aromatic carbocycles. The number of urea groups is 1. The Morgan fingerprint density at radius 3 is 2.43 bits per heavy atom. The highest BCUT2D eigenvalue weighted by Gasteiger charge is 2.31. The van der Waals surface area contributed by atoms with Crippen molar-refractivity contribution in [1.82, 2.24) is 0 Å². The van der Waals surface area contributed by atoms with E-state index in [2.05, 4.69) is 0 Å². The van der Waals surface area contributed by atoms with Gasteiger partial charge in [0.05, 0.1) is 21.9 Å². The Labute approximate surface area is 171 Å². The Hall–Kier alpha value is -4.20. The Balaban J connectivity index is 1.76. The third-order valence-corrected chi connectivity index (χ3v) is 4.92. The Bertz CT molecular complexity index is 1160. The summed E-state index contributed by atoms with van der Waals surface area (Å²) in [5.41, 5.74) is 8.08. The minimum absolute atomic E-state index is 0.0750. The normalized spacial score (nSPS) is 14.8. The van der Waals surface area contributed by atoms with Gasteiger partial charge in [0.1, 0.15) is 6.10 Å². The van der Waals surface area contributed by atoms with E-state index < -0.39 is 23.0 Å². The first-order valence-corrected chi connectivity index (χ1v) is 9.17. The molecule has 30 heavy (non-hydrogen) atoms. The molecule has 0 radical (unpaired) electrons. The number of ether oxygens (including phenoxy) is 1. The molecule has 0 aromatic heterocycles. The van der Waals surface area contributed by atoms with E-state index in [4.69, 9.17) is 10.5 Å². The van der Waals surface area contributed by atoms with E-state index in [9.17, 15) is 19.7 Å². The van der Waals surface area contributed by atoms with Crippen molar-refractivity contribution >= 4 is 29.1 Å². The number of carbonyl (C=O) groups excluding carboxylic acids is 2. The molecule has 8 heteroatoms. The van der Waals surface area contributed by atoms with Crippen LogP contribution in [0.2, 0.25) is 0 Å². The molecule has 0 saturated carbocycles. The van der Waals surface area contributed by atoms with Gasteiger partial charge >= 0.3 is 12.0 Å². The zero-order valence-corrected chi connectivity index (χ0v) is 15.7. The largest absolute Gasteiger partial charge is 0.453 e. The van der Waals surface area contributed by atoms with Crippen molar-refractivity contribution in [3.63, 3.8) is 0 Å². The second kappa shape index (κ2) is 7.67. The average molecular weight is 403 g/mol. The predicted molar refractivity (Wildman–Crippen MR) is 110 cm³/mol. The minimum Gasteiger partial charge on any atom is -0.453 e. The van der Waals surface area contributed by atoms with Crippen molar-refractivity contribution < 1.29 is 19.2 Å². The van der Waals surface area contributed by atoms with Crippen LogP contribution in [0.15, 0.2) is 72.8 Å². The lowest BCUT2D eigenvalue weighted by molar-refractivity contribution is -0.384. The van der Waals surface area contributed by atoms with Crippen LogP contribution in [0.4, 0.5) is 21.9 Å². The van der Waals surface area contributed by atoms with Gasteiger partial charge in [-0.05, 0) is 23.8 Å². The number of rotatable bonds is 3. The first-order valence-electron chi connectivity index (χ1n) is 9.17. The highest BCUT2D eigenvalue weighted by molar-refractivity contribution is 6.00. The molecule has 0 saturated heterocycles. The van der Waals surface area contributed by atoms with Crippen LogP contribution in [-0.4, -0.2) is 16.9 Å². The standard InChI is InChI=1S/C22H17N3O5/c23-22(27)24-18-10-3-1-6-14(18)13-20(17-9-2-4-11-19(17)24)30-21(26)15-7-5-8-16(12-15)25(28)29/h1-12,20H,13H2,(H2,23,27). The molecule has 1 unspecified atom stereocenters. The summed E-state index contributed by atoms with van der Waals surface area (Å²) in [4.78, 5) is 36.9. The molecule has 3 aromatic rings. The molecule has 1 aliphatic heterocycles. The first-order chi connectivity index (χ1) is 14.5. The van der Waals surface area contributed by atoms with Crippen molar-refractivity contribution in [1.29, 1.82) is 0 Å². The van der Waals surface area contributed by atoms with Crippen LogP contribution >= 0.6 is 0 Å². The summed E-state index contributed by atoms with van der Waals surface area (Å²) >= 11 is 0. The maximum atomic E-state index is 12.8. The van der Waals surface area contributed by atoms with Gasteiger partial charge in [-0.3, -0.25) is 15.0 Å². The van der Waals surface area contributed by atoms with Crippen LogP contribution in [-0.2, 0) is 11.2 Å². The molecule has 0 bridgehead atoms. The fraction of sp³-hybridized carbons (Fsp3) is 0.0909. The minimum atomic E-state index is -0.710. The van der Waals surface area contributed by atoms with Gasteiger partial charge < -0.3 is 10.5 Å². The Morgan fingerprint density at radius 2 is 1.70 bits per heavy atom. The molecule has 2 amide bonds. The summed E-state index contributed by atoms with van der Waals surface area (Å²) in [5, 5.41) is 11.0. The zero-order chi connectivity index (χ0) is 21.3. The maximum Gasteiger partial charge on any atom is 0.339 e. The lowest BCUT2D eigenvalue weighted by atomic mass is 10.0. The number of amides is 2. The second-order valence-electron chi connectivity index (χ2n) is 6.77. The van der Waals surface area contributed by atoms with Crippen molar-refractivity contribution in [2.24, 2.45) is 5.73 Å². The van der Waals surface area contributed by atoms with Crippen molar-refractivity contribution in [3.05, 3.63) is 99.6 Å². The molecule has 1 atom stereocenters. The molecular formula is C22H17N3O5. The van der Waals surface area contributed by atoms with Crippen LogP contribution in [0.1, 0.15) is 27.6 Å². The molecule has 1 heterocycles. The second-order valence-corrected chi connectivity index (χ2v) is 6.77. The van der Waals surface area contributed by atoms with Crippen molar-refractivity contribution in [3.8, 4) is 0 Å². The number of nitro groups is 1. The number of non-ortho nitro benzene ring substituents is 1. The summed E-state index contributed by atoms with van der Waals surface area (Å²) < 4.78 is 5.76.